The van der Waals surface area contributed by atoms with Crippen molar-refractivity contribution in [2.45, 2.75) is 45.1 Å². The van der Waals surface area contributed by atoms with Crippen molar-refractivity contribution in [1.29, 1.82) is 0 Å². The fourth-order valence-corrected chi connectivity index (χ4v) is 6.55. The zero-order valence-electron chi connectivity index (χ0n) is 23.0. The van der Waals surface area contributed by atoms with Gasteiger partial charge >= 0.3 is 0 Å². The van der Waals surface area contributed by atoms with Crippen LogP contribution in [0.1, 0.15) is 50.3 Å². The van der Waals surface area contributed by atoms with E-state index in [1.165, 1.54) is 11.9 Å². The first-order valence-corrected chi connectivity index (χ1v) is 14.0. The van der Waals surface area contributed by atoms with Crippen molar-refractivity contribution in [3.05, 3.63) is 83.2 Å². The molecule has 2 amide bonds. The molecule has 2 aliphatic rings. The van der Waals surface area contributed by atoms with Crippen molar-refractivity contribution in [3.8, 4) is 5.75 Å². The Morgan fingerprint density at radius 2 is 1.82 bits per heavy atom. The van der Waals surface area contributed by atoms with Gasteiger partial charge in [-0.2, -0.15) is 0 Å². The Hall–Kier alpha value is -3.81. The summed E-state index contributed by atoms with van der Waals surface area (Å²) in [5, 5.41) is 34.1. The molecule has 2 heterocycles. The minimum Gasteiger partial charge on any atom is -0.507 e. The average Bonchev–Trinajstić information content (AvgIpc) is 3.19. The third-order valence-corrected chi connectivity index (χ3v) is 8.46. The predicted molar refractivity (Wildman–Crippen MR) is 155 cm³/mol. The molecule has 40 heavy (non-hydrogen) atoms. The maximum absolute atomic E-state index is 13.0. The molecule has 0 spiro atoms. The predicted octanol–water partition coefficient (Wildman–Crippen LogP) is 4.96. The minimum atomic E-state index is -0.878. The fourth-order valence-electron chi connectivity index (χ4n) is 6.55. The lowest BCUT2D eigenvalue weighted by molar-refractivity contribution is -0.138. The summed E-state index contributed by atoms with van der Waals surface area (Å²) in [4.78, 5) is 31.5. The largest absolute Gasteiger partial charge is 0.507 e. The van der Waals surface area contributed by atoms with E-state index < -0.39 is 23.9 Å². The second kappa shape index (κ2) is 11.7. The van der Waals surface area contributed by atoms with Gasteiger partial charge in [-0.1, -0.05) is 55.3 Å². The lowest BCUT2D eigenvalue weighted by atomic mass is 9.67. The Morgan fingerprint density at radius 3 is 2.52 bits per heavy atom. The van der Waals surface area contributed by atoms with Crippen molar-refractivity contribution in [2.75, 3.05) is 13.7 Å². The molecule has 2 aromatic carbocycles. The molecule has 0 saturated carbocycles. The summed E-state index contributed by atoms with van der Waals surface area (Å²) in [5.41, 5.74) is 4.35. The van der Waals surface area contributed by atoms with E-state index in [1.807, 2.05) is 54.6 Å². The molecule has 7 nitrogen and oxygen atoms in total. The van der Waals surface area contributed by atoms with Crippen LogP contribution in [-0.4, -0.2) is 56.8 Å². The summed E-state index contributed by atoms with van der Waals surface area (Å²) in [6.45, 7) is 1.75. The highest BCUT2D eigenvalue weighted by atomic mass is 16.3. The van der Waals surface area contributed by atoms with Crippen LogP contribution in [-0.2, 0) is 9.59 Å². The number of phenols is 1. The number of aliphatic hydroxyl groups excluding tert-OH is 2. The Bertz CT molecular complexity index is 1480. The molecular formula is C33H36N2O5. The van der Waals surface area contributed by atoms with Crippen molar-refractivity contribution in [1.82, 2.24) is 9.88 Å². The van der Waals surface area contributed by atoms with E-state index >= 15 is 0 Å². The molecule has 5 rings (SSSR count). The van der Waals surface area contributed by atoms with Crippen LogP contribution >= 0.6 is 0 Å². The number of fused-ring (bicyclic) bond motifs is 2. The summed E-state index contributed by atoms with van der Waals surface area (Å²) in [6.07, 6.45) is 5.76. The molecule has 0 bridgehead atoms. The molecular weight excluding hydrogens is 504 g/mol. The van der Waals surface area contributed by atoms with Gasteiger partial charge in [0.25, 0.3) is 0 Å². The number of carbonyl (C=O) groups excluding carboxylic acids is 2. The number of amides is 2. The third kappa shape index (κ3) is 5.07. The first-order chi connectivity index (χ1) is 19.3. The number of carbonyl (C=O) groups is 2. The second-order valence-electron chi connectivity index (χ2n) is 10.8. The number of pyridine rings is 1. The van der Waals surface area contributed by atoms with Crippen molar-refractivity contribution in [2.24, 2.45) is 17.8 Å². The Labute approximate surface area is 234 Å². The molecule has 1 aliphatic carbocycles. The van der Waals surface area contributed by atoms with Gasteiger partial charge in [-0.05, 0) is 72.1 Å². The van der Waals surface area contributed by atoms with Crippen molar-refractivity contribution >= 4 is 34.2 Å². The number of hydrogen-bond acceptors (Lipinski definition) is 6. The number of aromatic hydroxyl groups is 1. The highest BCUT2D eigenvalue weighted by molar-refractivity contribution is 6.05. The molecule has 208 valence electrons. The molecule has 1 aromatic heterocycles. The Kier molecular flexibility index (Phi) is 8.14. The first-order valence-electron chi connectivity index (χ1n) is 14.0. The van der Waals surface area contributed by atoms with E-state index in [4.69, 9.17) is 0 Å². The van der Waals surface area contributed by atoms with Crippen LogP contribution in [0.25, 0.3) is 22.4 Å². The molecule has 0 unspecified atom stereocenters. The van der Waals surface area contributed by atoms with Crippen LogP contribution < -0.4 is 0 Å². The summed E-state index contributed by atoms with van der Waals surface area (Å²) in [7, 11) is 1.50. The highest BCUT2D eigenvalue weighted by Gasteiger charge is 2.53. The number of aliphatic hydroxyl groups is 2. The van der Waals surface area contributed by atoms with E-state index in [2.05, 4.69) is 11.9 Å². The van der Waals surface area contributed by atoms with Crippen LogP contribution in [0, 0.1) is 17.8 Å². The monoisotopic (exact) mass is 540 g/mol. The van der Waals surface area contributed by atoms with E-state index in [1.54, 1.807) is 12.3 Å². The van der Waals surface area contributed by atoms with E-state index in [-0.39, 0.29) is 24.2 Å². The standard InChI is InChI=1S/C33H36N2O5/c1-3-8-22-18-25-31(33(40)35(2)32(25)39)26(19-36)30(22)29(38)15-13-21(27-11-6-7-16-34-27)17-20-12-14-28(37)24-10-5-4-9-23(20)24/h4-7,9-12,14,16-17,25-26,29,31,36-38H,3,8,13,15,18-19H2,1-2H3/b21-17-/t25-,26+,29-,31-/m1/s1. The number of imide groups is 1. The van der Waals surface area contributed by atoms with Crippen LogP contribution in [0.2, 0.25) is 0 Å². The second-order valence-corrected chi connectivity index (χ2v) is 10.8. The van der Waals surface area contributed by atoms with E-state index in [0.29, 0.717) is 25.7 Å². The van der Waals surface area contributed by atoms with Gasteiger partial charge in [0.05, 0.1) is 30.2 Å². The number of nitrogens with zero attached hydrogens (tertiary/aromatic N) is 2. The average molecular weight is 541 g/mol. The molecule has 7 heteroatoms. The molecule has 1 aliphatic heterocycles. The number of benzene rings is 2. The summed E-state index contributed by atoms with van der Waals surface area (Å²) in [6, 6.07) is 16.9. The van der Waals surface area contributed by atoms with Crippen molar-refractivity contribution in [3.63, 3.8) is 0 Å². The molecule has 0 radical (unpaired) electrons. The van der Waals surface area contributed by atoms with Gasteiger partial charge in [0.2, 0.25) is 11.8 Å². The number of rotatable bonds is 9. The molecule has 3 aromatic rings. The number of allylic oxidation sites excluding steroid dienone is 2. The third-order valence-electron chi connectivity index (χ3n) is 8.46. The molecule has 1 fully saturated rings. The molecule has 3 N–H and O–H groups in total. The number of hydrogen-bond donors (Lipinski definition) is 3. The SMILES string of the molecule is CCCC1=C([C@H](O)CC/C(=C/c2ccc(O)c3ccccc23)c2ccccn2)[C@H](CO)[C@@H]2C(=O)N(C)C(=O)[C@@H]2C1. The number of aromatic nitrogens is 1. The van der Waals surface area contributed by atoms with Crippen LogP contribution in [0.5, 0.6) is 5.75 Å². The topological polar surface area (TPSA) is 111 Å². The maximum atomic E-state index is 13.0. The lowest BCUT2D eigenvalue weighted by Crippen LogP contribution is -2.39. The Balaban J connectivity index is 1.49. The lowest BCUT2D eigenvalue weighted by Gasteiger charge is -2.36. The van der Waals surface area contributed by atoms with Crippen LogP contribution in [0.3, 0.4) is 0 Å². The zero-order valence-corrected chi connectivity index (χ0v) is 23.0. The molecule has 1 saturated heterocycles. The van der Waals surface area contributed by atoms with Gasteiger partial charge in [-0.3, -0.25) is 19.5 Å². The maximum Gasteiger partial charge on any atom is 0.233 e. The van der Waals surface area contributed by atoms with Gasteiger partial charge < -0.3 is 15.3 Å². The van der Waals surface area contributed by atoms with Gasteiger partial charge in [0.15, 0.2) is 0 Å². The first kappa shape index (κ1) is 27.7. The Morgan fingerprint density at radius 1 is 1.07 bits per heavy atom. The quantitative estimate of drug-likeness (QED) is 0.261. The van der Waals surface area contributed by atoms with Crippen LogP contribution in [0.4, 0.5) is 0 Å². The zero-order chi connectivity index (χ0) is 28.4. The summed E-state index contributed by atoms with van der Waals surface area (Å²) in [5.74, 6) is -1.95. The highest BCUT2D eigenvalue weighted by Crippen LogP contribution is 2.47. The number of phenolic OH excluding ortho intramolecular Hbond substituents is 1. The van der Waals surface area contributed by atoms with Gasteiger partial charge in [0.1, 0.15) is 5.75 Å². The summed E-state index contributed by atoms with van der Waals surface area (Å²) >= 11 is 0. The fraction of sp³-hybridized carbons (Fsp3) is 0.364. The van der Waals surface area contributed by atoms with Crippen molar-refractivity contribution < 1.29 is 24.9 Å². The smallest absolute Gasteiger partial charge is 0.233 e. The van der Waals surface area contributed by atoms with Gasteiger partial charge in [-0.25, -0.2) is 0 Å². The minimum absolute atomic E-state index is 0.197. The molecule has 4 atom stereocenters. The number of likely N-dealkylation sites (tertiary alicyclic amines) is 1. The van der Waals surface area contributed by atoms with Gasteiger partial charge in [0, 0.05) is 24.5 Å². The van der Waals surface area contributed by atoms with E-state index in [0.717, 1.165) is 45.2 Å². The summed E-state index contributed by atoms with van der Waals surface area (Å²) < 4.78 is 0. The van der Waals surface area contributed by atoms with E-state index in [9.17, 15) is 24.9 Å². The van der Waals surface area contributed by atoms with Gasteiger partial charge in [-0.15, -0.1) is 0 Å². The normalized spacial score (nSPS) is 22.2. The van der Waals surface area contributed by atoms with Crippen LogP contribution in [0.15, 0.2) is 71.9 Å².